The molecule has 0 fully saturated rings. The van der Waals surface area contributed by atoms with E-state index in [-0.39, 0.29) is 17.2 Å². The van der Waals surface area contributed by atoms with Gasteiger partial charge in [0.2, 0.25) is 11.7 Å². The molecule has 31 heavy (non-hydrogen) atoms. The summed E-state index contributed by atoms with van der Waals surface area (Å²) in [5.74, 6) is -5.04. The molecule has 3 rings (SSSR count). The molecule has 0 atom stereocenters. The first kappa shape index (κ1) is 21.4. The third-order valence-corrected chi connectivity index (χ3v) is 3.75. The number of aromatic amines is 1. The van der Waals surface area contributed by atoms with Crippen LogP contribution in [0.5, 0.6) is 5.75 Å². The molecule has 1 aromatic heterocycles. The van der Waals surface area contributed by atoms with Crippen LogP contribution in [-0.4, -0.2) is 22.5 Å². The van der Waals surface area contributed by atoms with Crippen molar-refractivity contribution in [1.29, 1.82) is 5.26 Å². The lowest BCUT2D eigenvalue weighted by atomic mass is 10.1. The summed E-state index contributed by atoms with van der Waals surface area (Å²) < 4.78 is 67.9. The van der Waals surface area contributed by atoms with E-state index in [1.807, 2.05) is 0 Å². The molecule has 0 amide bonds. The van der Waals surface area contributed by atoms with E-state index in [2.05, 4.69) is 25.2 Å². The van der Waals surface area contributed by atoms with E-state index >= 15 is 0 Å². The number of nitriles is 1. The molecule has 0 aliphatic rings. The number of aromatic nitrogens is 2. The zero-order chi connectivity index (χ0) is 22.6. The molecule has 0 radical (unpaired) electrons. The van der Waals surface area contributed by atoms with Crippen LogP contribution in [0.25, 0.3) is 11.3 Å². The summed E-state index contributed by atoms with van der Waals surface area (Å²) in [5, 5.41) is 12.8. The maximum Gasteiger partial charge on any atom is 0.573 e. The Kier molecular flexibility index (Phi) is 5.96. The van der Waals surface area contributed by atoms with Gasteiger partial charge in [-0.05, 0) is 12.1 Å². The lowest BCUT2D eigenvalue weighted by Crippen LogP contribution is -2.19. The molecule has 0 saturated carbocycles. The Morgan fingerprint density at radius 3 is 2.52 bits per heavy atom. The smallest absolute Gasteiger partial charge is 0.399 e. The maximum atomic E-state index is 14.1. The zero-order valence-electron chi connectivity index (χ0n) is 15.2. The second-order valence-corrected chi connectivity index (χ2v) is 5.81. The number of hydrogen-bond donors (Lipinski definition) is 2. The second-order valence-electron chi connectivity index (χ2n) is 5.81. The van der Waals surface area contributed by atoms with Gasteiger partial charge in [-0.25, -0.2) is 19.2 Å². The lowest BCUT2D eigenvalue weighted by molar-refractivity contribution is -0.276. The van der Waals surface area contributed by atoms with Gasteiger partial charge in [0.25, 0.3) is 5.56 Å². The minimum Gasteiger partial charge on any atom is -0.399 e. The predicted octanol–water partition coefficient (Wildman–Crippen LogP) is 3.93. The van der Waals surface area contributed by atoms with Crippen LogP contribution in [0.15, 0.2) is 52.4 Å². The molecule has 0 spiro atoms. The van der Waals surface area contributed by atoms with Crippen molar-refractivity contribution in [2.24, 2.45) is 5.10 Å². The number of alkyl halides is 3. The highest BCUT2D eigenvalue weighted by atomic mass is 19.4. The van der Waals surface area contributed by atoms with E-state index in [1.165, 1.54) is 0 Å². The summed E-state index contributed by atoms with van der Waals surface area (Å²) in [6.07, 6.45) is -4.56. The first-order valence-corrected chi connectivity index (χ1v) is 8.32. The van der Waals surface area contributed by atoms with E-state index in [1.54, 1.807) is 36.4 Å². The number of nitrogens with one attached hydrogen (secondary N) is 2. The monoisotopic (exact) mass is 435 g/mol. The molecule has 1 heterocycles. The number of rotatable bonds is 5. The molecule has 0 aliphatic heterocycles. The van der Waals surface area contributed by atoms with Crippen molar-refractivity contribution in [3.05, 3.63) is 75.6 Å². The Balaban J connectivity index is 1.90. The average molecular weight is 435 g/mol. The van der Waals surface area contributed by atoms with E-state index in [0.29, 0.717) is 11.6 Å². The molecule has 158 valence electrons. The number of H-pyrrole nitrogens is 1. The van der Waals surface area contributed by atoms with Gasteiger partial charge in [-0.3, -0.25) is 9.78 Å². The van der Waals surface area contributed by atoms with E-state index < -0.39 is 34.9 Å². The van der Waals surface area contributed by atoms with Crippen LogP contribution >= 0.6 is 0 Å². The molecule has 0 aliphatic carbocycles. The Morgan fingerprint density at radius 1 is 1.16 bits per heavy atom. The molecule has 0 bridgehead atoms. The van der Waals surface area contributed by atoms with Crippen LogP contribution in [0.4, 0.5) is 27.9 Å². The molecule has 7 nitrogen and oxygen atoms in total. The molecular weight excluding hydrogens is 425 g/mol. The van der Waals surface area contributed by atoms with Crippen LogP contribution in [0.1, 0.15) is 11.1 Å². The Morgan fingerprint density at radius 2 is 1.87 bits per heavy atom. The van der Waals surface area contributed by atoms with Crippen LogP contribution in [0.3, 0.4) is 0 Å². The maximum absolute atomic E-state index is 14.1. The SMILES string of the molecule is N#Cc1c(-c2ccccc2)nc(NN=Cc2ccc(F)c(OC(F)(F)F)c2F)[nH]c1=O. The van der Waals surface area contributed by atoms with Gasteiger partial charge in [-0.1, -0.05) is 30.3 Å². The van der Waals surface area contributed by atoms with Gasteiger partial charge >= 0.3 is 6.36 Å². The second kappa shape index (κ2) is 8.62. The predicted molar refractivity (Wildman–Crippen MR) is 99.3 cm³/mol. The average Bonchev–Trinajstić information content (AvgIpc) is 2.72. The van der Waals surface area contributed by atoms with E-state index in [0.717, 1.165) is 12.3 Å². The minimum atomic E-state index is -5.30. The van der Waals surface area contributed by atoms with Gasteiger partial charge in [0, 0.05) is 11.1 Å². The van der Waals surface area contributed by atoms with Gasteiger partial charge in [-0.2, -0.15) is 10.4 Å². The van der Waals surface area contributed by atoms with Gasteiger partial charge in [0.1, 0.15) is 11.6 Å². The number of hydrazone groups is 1. The Labute approximate surface area is 170 Å². The summed E-state index contributed by atoms with van der Waals surface area (Å²) in [6.45, 7) is 0. The van der Waals surface area contributed by atoms with E-state index in [4.69, 9.17) is 0 Å². The summed E-state index contributed by atoms with van der Waals surface area (Å²) in [6, 6.07) is 11.4. The number of benzene rings is 2. The van der Waals surface area contributed by atoms with Crippen molar-refractivity contribution in [2.75, 3.05) is 5.43 Å². The lowest BCUT2D eigenvalue weighted by Gasteiger charge is -2.11. The van der Waals surface area contributed by atoms with Crippen molar-refractivity contribution >= 4 is 12.2 Å². The molecule has 2 N–H and O–H groups in total. The fourth-order valence-corrected chi connectivity index (χ4v) is 2.45. The summed E-state index contributed by atoms with van der Waals surface area (Å²) in [5.41, 5.74) is 1.24. The number of anilines is 1. The topological polar surface area (TPSA) is 103 Å². The highest BCUT2D eigenvalue weighted by molar-refractivity contribution is 5.81. The van der Waals surface area contributed by atoms with Crippen LogP contribution in [0, 0.1) is 23.0 Å². The number of hydrogen-bond acceptors (Lipinski definition) is 6. The normalized spacial score (nSPS) is 11.4. The Bertz CT molecular complexity index is 1230. The quantitative estimate of drug-likeness (QED) is 0.359. The van der Waals surface area contributed by atoms with Crippen molar-refractivity contribution in [3.63, 3.8) is 0 Å². The van der Waals surface area contributed by atoms with Crippen molar-refractivity contribution < 1.29 is 26.7 Å². The first-order chi connectivity index (χ1) is 14.7. The van der Waals surface area contributed by atoms with Crippen LogP contribution in [-0.2, 0) is 0 Å². The third-order valence-electron chi connectivity index (χ3n) is 3.75. The van der Waals surface area contributed by atoms with Crippen molar-refractivity contribution in [2.45, 2.75) is 6.36 Å². The van der Waals surface area contributed by atoms with E-state index in [9.17, 15) is 32.0 Å². The Hall–Kier alpha value is -4.27. The molecular formula is C19H10F5N5O2. The van der Waals surface area contributed by atoms with Crippen LogP contribution < -0.4 is 15.7 Å². The number of nitrogens with zero attached hydrogens (tertiary/aromatic N) is 3. The van der Waals surface area contributed by atoms with Gasteiger partial charge in [0.05, 0.1) is 11.9 Å². The fraction of sp³-hybridized carbons (Fsp3) is 0.0526. The standard InChI is InChI=1S/C19H10F5N5O2/c20-13-7-6-11(14(21)16(13)31-19(22,23)24)9-26-29-18-27-15(10-4-2-1-3-5-10)12(8-25)17(30)28-18/h1-7,9H,(H2,27,28,29,30). The molecule has 12 heteroatoms. The van der Waals surface area contributed by atoms with Crippen molar-refractivity contribution in [1.82, 2.24) is 9.97 Å². The van der Waals surface area contributed by atoms with Crippen LogP contribution in [0.2, 0.25) is 0 Å². The largest absolute Gasteiger partial charge is 0.573 e. The number of halogens is 5. The first-order valence-electron chi connectivity index (χ1n) is 8.32. The molecule has 2 aromatic carbocycles. The fourth-order valence-electron chi connectivity index (χ4n) is 2.45. The summed E-state index contributed by atoms with van der Waals surface area (Å²) in [7, 11) is 0. The summed E-state index contributed by atoms with van der Waals surface area (Å²) >= 11 is 0. The minimum absolute atomic E-state index is 0.0541. The summed E-state index contributed by atoms with van der Waals surface area (Å²) in [4.78, 5) is 18.5. The highest BCUT2D eigenvalue weighted by Crippen LogP contribution is 2.29. The van der Waals surface area contributed by atoms with Gasteiger partial charge in [-0.15, -0.1) is 13.2 Å². The molecule has 0 saturated heterocycles. The highest BCUT2D eigenvalue weighted by Gasteiger charge is 2.34. The number of ether oxygens (including phenoxy) is 1. The van der Waals surface area contributed by atoms with Gasteiger partial charge in [0.15, 0.2) is 11.6 Å². The van der Waals surface area contributed by atoms with Crippen molar-refractivity contribution in [3.8, 4) is 23.1 Å². The molecule has 3 aromatic rings. The third kappa shape index (κ3) is 5.02. The molecule has 0 unspecified atom stereocenters. The zero-order valence-corrected chi connectivity index (χ0v) is 15.2. The van der Waals surface area contributed by atoms with Gasteiger partial charge < -0.3 is 4.74 Å².